The van der Waals surface area contributed by atoms with Crippen molar-refractivity contribution in [3.63, 3.8) is 0 Å². The van der Waals surface area contributed by atoms with Gasteiger partial charge < -0.3 is 10.0 Å². The minimum absolute atomic E-state index is 0.0185. The molecule has 1 N–H and O–H groups in total. The van der Waals surface area contributed by atoms with Crippen molar-refractivity contribution in [1.29, 1.82) is 0 Å². The lowest BCUT2D eigenvalue weighted by atomic mass is 10.1. The fourth-order valence-corrected chi connectivity index (χ4v) is 2.07. The lowest BCUT2D eigenvalue weighted by Gasteiger charge is -2.20. The Kier molecular flexibility index (Phi) is 2.81. The van der Waals surface area contributed by atoms with Gasteiger partial charge in [0.05, 0.1) is 5.56 Å². The summed E-state index contributed by atoms with van der Waals surface area (Å²) in [6.45, 7) is 3.45. The predicted octanol–water partition coefficient (Wildman–Crippen LogP) is 2.43. The van der Waals surface area contributed by atoms with Gasteiger partial charge in [-0.1, -0.05) is 0 Å². The van der Waals surface area contributed by atoms with Gasteiger partial charge in [-0.05, 0) is 31.9 Å². The zero-order valence-corrected chi connectivity index (χ0v) is 9.16. The summed E-state index contributed by atoms with van der Waals surface area (Å²) in [6, 6.07) is 2.64. The van der Waals surface area contributed by atoms with E-state index in [1.54, 1.807) is 13.0 Å². The smallest absolute Gasteiger partial charge is 0.335 e. The lowest BCUT2D eigenvalue weighted by Crippen LogP contribution is -2.19. The van der Waals surface area contributed by atoms with Crippen molar-refractivity contribution in [3.8, 4) is 0 Å². The topological polar surface area (TPSA) is 40.5 Å². The Morgan fingerprint density at radius 1 is 1.38 bits per heavy atom. The summed E-state index contributed by atoms with van der Waals surface area (Å²) in [5.41, 5.74) is 1.27. The van der Waals surface area contributed by atoms with E-state index in [-0.39, 0.29) is 5.56 Å². The molecule has 1 saturated heterocycles. The van der Waals surface area contributed by atoms with E-state index in [1.165, 1.54) is 0 Å². The summed E-state index contributed by atoms with van der Waals surface area (Å²) >= 11 is 0. The van der Waals surface area contributed by atoms with Crippen LogP contribution in [-0.2, 0) is 0 Å². The summed E-state index contributed by atoms with van der Waals surface area (Å²) in [6.07, 6.45) is 2.16. The van der Waals surface area contributed by atoms with E-state index >= 15 is 0 Å². The third-order valence-electron chi connectivity index (χ3n) is 3.01. The number of halogens is 1. The van der Waals surface area contributed by atoms with Crippen molar-refractivity contribution >= 4 is 11.7 Å². The van der Waals surface area contributed by atoms with E-state index in [0.717, 1.165) is 37.7 Å². The zero-order valence-electron chi connectivity index (χ0n) is 9.16. The van der Waals surface area contributed by atoms with Gasteiger partial charge >= 0.3 is 5.97 Å². The highest BCUT2D eigenvalue weighted by molar-refractivity contribution is 5.89. The average molecular weight is 223 g/mol. The van der Waals surface area contributed by atoms with E-state index in [1.807, 2.05) is 4.90 Å². The minimum atomic E-state index is -1.08. The molecular formula is C12H14FNO2. The van der Waals surface area contributed by atoms with Crippen LogP contribution in [0, 0.1) is 12.7 Å². The molecule has 1 heterocycles. The molecule has 16 heavy (non-hydrogen) atoms. The first kappa shape index (κ1) is 10.9. The molecule has 86 valence electrons. The second-order valence-corrected chi connectivity index (χ2v) is 4.10. The molecular weight excluding hydrogens is 209 g/mol. The average Bonchev–Trinajstić information content (AvgIpc) is 2.74. The molecule has 0 saturated carbocycles. The molecule has 1 aliphatic heterocycles. The van der Waals surface area contributed by atoms with Gasteiger partial charge in [0.2, 0.25) is 0 Å². The minimum Gasteiger partial charge on any atom is -0.478 e. The van der Waals surface area contributed by atoms with Crippen molar-refractivity contribution < 1.29 is 14.3 Å². The SMILES string of the molecule is Cc1c(F)cc(C(=O)O)cc1N1CCCC1. The van der Waals surface area contributed by atoms with E-state index in [2.05, 4.69) is 0 Å². The largest absolute Gasteiger partial charge is 0.478 e. The van der Waals surface area contributed by atoms with Gasteiger partial charge in [-0.3, -0.25) is 0 Å². The van der Waals surface area contributed by atoms with E-state index in [0.29, 0.717) is 5.56 Å². The number of rotatable bonds is 2. The fraction of sp³-hybridized carbons (Fsp3) is 0.417. The van der Waals surface area contributed by atoms with Crippen LogP contribution in [0.4, 0.5) is 10.1 Å². The van der Waals surface area contributed by atoms with E-state index in [4.69, 9.17) is 5.11 Å². The molecule has 0 atom stereocenters. The van der Waals surface area contributed by atoms with Crippen LogP contribution in [0.1, 0.15) is 28.8 Å². The summed E-state index contributed by atoms with van der Waals surface area (Å²) in [5, 5.41) is 8.88. The summed E-state index contributed by atoms with van der Waals surface area (Å²) < 4.78 is 13.6. The molecule has 0 amide bonds. The van der Waals surface area contributed by atoms with Crippen molar-refractivity contribution in [3.05, 3.63) is 29.1 Å². The van der Waals surface area contributed by atoms with Gasteiger partial charge in [0.1, 0.15) is 5.82 Å². The number of hydrogen-bond acceptors (Lipinski definition) is 2. The first-order valence-corrected chi connectivity index (χ1v) is 5.38. The number of carboxylic acid groups (broad SMARTS) is 1. The van der Waals surface area contributed by atoms with Crippen LogP contribution in [0.2, 0.25) is 0 Å². The van der Waals surface area contributed by atoms with Crippen LogP contribution >= 0.6 is 0 Å². The van der Waals surface area contributed by atoms with Crippen LogP contribution in [0.15, 0.2) is 12.1 Å². The highest BCUT2D eigenvalue weighted by Gasteiger charge is 2.18. The van der Waals surface area contributed by atoms with Crippen molar-refractivity contribution in [1.82, 2.24) is 0 Å². The van der Waals surface area contributed by atoms with Gasteiger partial charge in [0.25, 0.3) is 0 Å². The molecule has 4 heteroatoms. The number of carbonyl (C=O) groups is 1. The van der Waals surface area contributed by atoms with E-state index < -0.39 is 11.8 Å². The zero-order chi connectivity index (χ0) is 11.7. The molecule has 1 aliphatic rings. The molecule has 0 unspecified atom stereocenters. The Morgan fingerprint density at radius 2 is 2.00 bits per heavy atom. The molecule has 1 aromatic carbocycles. The van der Waals surface area contributed by atoms with Crippen LogP contribution in [0.25, 0.3) is 0 Å². The van der Waals surface area contributed by atoms with Gasteiger partial charge in [-0.2, -0.15) is 0 Å². The number of hydrogen-bond donors (Lipinski definition) is 1. The number of carboxylic acids is 1. The maximum Gasteiger partial charge on any atom is 0.335 e. The van der Waals surface area contributed by atoms with Gasteiger partial charge in [0.15, 0.2) is 0 Å². The van der Waals surface area contributed by atoms with Crippen LogP contribution in [0.3, 0.4) is 0 Å². The summed E-state index contributed by atoms with van der Waals surface area (Å²) in [7, 11) is 0. The monoisotopic (exact) mass is 223 g/mol. The molecule has 0 aliphatic carbocycles. The lowest BCUT2D eigenvalue weighted by molar-refractivity contribution is 0.0696. The Labute approximate surface area is 93.5 Å². The number of nitrogens with zero attached hydrogens (tertiary/aromatic N) is 1. The standard InChI is InChI=1S/C12H14FNO2/c1-8-10(13)6-9(12(15)16)7-11(8)14-4-2-3-5-14/h6-7H,2-5H2,1H3,(H,15,16). The second-order valence-electron chi connectivity index (χ2n) is 4.10. The van der Waals surface area contributed by atoms with Gasteiger partial charge in [-0.15, -0.1) is 0 Å². The number of aromatic carboxylic acids is 1. The number of benzene rings is 1. The number of anilines is 1. The van der Waals surface area contributed by atoms with Crippen LogP contribution < -0.4 is 4.90 Å². The normalized spacial score (nSPS) is 15.5. The molecule has 0 bridgehead atoms. The molecule has 1 aromatic rings. The van der Waals surface area contributed by atoms with Gasteiger partial charge in [0, 0.05) is 24.3 Å². The Hall–Kier alpha value is -1.58. The van der Waals surface area contributed by atoms with Crippen molar-refractivity contribution in [2.75, 3.05) is 18.0 Å². The van der Waals surface area contributed by atoms with Crippen molar-refractivity contribution in [2.45, 2.75) is 19.8 Å². The Bertz CT molecular complexity index is 425. The highest BCUT2D eigenvalue weighted by Crippen LogP contribution is 2.27. The van der Waals surface area contributed by atoms with Crippen LogP contribution in [0.5, 0.6) is 0 Å². The highest BCUT2D eigenvalue weighted by atomic mass is 19.1. The summed E-state index contributed by atoms with van der Waals surface area (Å²) in [5.74, 6) is -1.53. The molecule has 0 radical (unpaired) electrons. The fourth-order valence-electron chi connectivity index (χ4n) is 2.07. The van der Waals surface area contributed by atoms with Crippen molar-refractivity contribution in [2.24, 2.45) is 0 Å². The quantitative estimate of drug-likeness (QED) is 0.837. The molecule has 2 rings (SSSR count). The maximum absolute atomic E-state index is 13.6. The predicted molar refractivity (Wildman–Crippen MR) is 59.5 cm³/mol. The Morgan fingerprint density at radius 3 is 2.56 bits per heavy atom. The Balaban J connectivity index is 2.45. The molecule has 0 aromatic heterocycles. The second kappa shape index (κ2) is 4.12. The van der Waals surface area contributed by atoms with E-state index in [9.17, 15) is 9.18 Å². The first-order valence-electron chi connectivity index (χ1n) is 5.38. The molecule has 1 fully saturated rings. The molecule has 3 nitrogen and oxygen atoms in total. The molecule has 0 spiro atoms. The van der Waals surface area contributed by atoms with Crippen LogP contribution in [-0.4, -0.2) is 24.2 Å². The third kappa shape index (κ3) is 1.87. The summed E-state index contributed by atoms with van der Waals surface area (Å²) in [4.78, 5) is 12.9. The first-order chi connectivity index (χ1) is 7.59. The van der Waals surface area contributed by atoms with Gasteiger partial charge in [-0.25, -0.2) is 9.18 Å². The third-order valence-corrected chi connectivity index (χ3v) is 3.01. The maximum atomic E-state index is 13.6.